The smallest absolute Gasteiger partial charge is 0.209 e. The summed E-state index contributed by atoms with van der Waals surface area (Å²) in [6.07, 6.45) is 2.14. The minimum atomic E-state index is -3.41. The Bertz CT molecular complexity index is 701. The molecule has 0 spiro atoms. The zero-order chi connectivity index (χ0) is 14.6. The van der Waals surface area contributed by atoms with E-state index in [0.717, 1.165) is 16.5 Å². The molecule has 0 unspecified atom stereocenters. The second-order valence-corrected chi connectivity index (χ2v) is 6.13. The fourth-order valence-electron chi connectivity index (χ4n) is 1.90. The van der Waals surface area contributed by atoms with Crippen LogP contribution in [0.2, 0.25) is 0 Å². The molecule has 1 aromatic carbocycles. The van der Waals surface area contributed by atoms with E-state index >= 15 is 0 Å². The van der Waals surface area contributed by atoms with Crippen molar-refractivity contribution in [1.82, 2.24) is 4.98 Å². The molecule has 0 atom stereocenters. The van der Waals surface area contributed by atoms with Crippen molar-refractivity contribution in [2.24, 2.45) is 5.14 Å². The van der Waals surface area contributed by atoms with E-state index in [1.54, 1.807) is 13.3 Å². The number of anilines is 1. The lowest BCUT2D eigenvalue weighted by Crippen LogP contribution is -2.18. The van der Waals surface area contributed by atoms with Gasteiger partial charge in [0.15, 0.2) is 0 Å². The highest BCUT2D eigenvalue weighted by Gasteiger charge is 2.05. The lowest BCUT2D eigenvalue weighted by molar-refractivity contribution is 0.415. The van der Waals surface area contributed by atoms with E-state index in [-0.39, 0.29) is 5.75 Å². The van der Waals surface area contributed by atoms with E-state index in [0.29, 0.717) is 18.8 Å². The maximum atomic E-state index is 10.9. The Morgan fingerprint density at radius 2 is 2.15 bits per heavy atom. The summed E-state index contributed by atoms with van der Waals surface area (Å²) in [5, 5.41) is 10.1. The summed E-state index contributed by atoms with van der Waals surface area (Å²) in [6.45, 7) is 0.486. The maximum Gasteiger partial charge on any atom is 0.209 e. The van der Waals surface area contributed by atoms with E-state index in [4.69, 9.17) is 9.88 Å². The first kappa shape index (κ1) is 14.5. The number of methoxy groups -OCH3 is 1. The van der Waals surface area contributed by atoms with Crippen molar-refractivity contribution in [3.63, 3.8) is 0 Å². The minimum Gasteiger partial charge on any atom is -0.497 e. The summed E-state index contributed by atoms with van der Waals surface area (Å²) in [5.41, 5.74) is 0. The molecule has 1 heterocycles. The number of benzene rings is 1. The molecular formula is C13H17N3O3S. The Balaban J connectivity index is 2.13. The Labute approximate surface area is 118 Å². The van der Waals surface area contributed by atoms with Gasteiger partial charge in [-0.3, -0.25) is 0 Å². The van der Waals surface area contributed by atoms with E-state index in [2.05, 4.69) is 10.3 Å². The van der Waals surface area contributed by atoms with Gasteiger partial charge < -0.3 is 10.1 Å². The molecule has 0 bridgehead atoms. The molecule has 0 aliphatic rings. The summed E-state index contributed by atoms with van der Waals surface area (Å²) < 4.78 is 26.9. The van der Waals surface area contributed by atoms with Crippen LogP contribution in [-0.4, -0.2) is 32.8 Å². The summed E-state index contributed by atoms with van der Waals surface area (Å²) in [7, 11) is -1.80. The van der Waals surface area contributed by atoms with Crippen molar-refractivity contribution in [2.75, 3.05) is 24.7 Å². The average molecular weight is 295 g/mol. The normalized spacial score (nSPS) is 11.5. The number of nitrogens with one attached hydrogen (secondary N) is 1. The fraction of sp³-hybridized carbons (Fsp3) is 0.308. The number of rotatable bonds is 6. The largest absolute Gasteiger partial charge is 0.497 e. The summed E-state index contributed by atoms with van der Waals surface area (Å²) in [4.78, 5) is 4.27. The third-order valence-electron chi connectivity index (χ3n) is 2.87. The van der Waals surface area contributed by atoms with Crippen LogP contribution in [0, 0.1) is 0 Å². The molecule has 0 saturated carbocycles. The fourth-order valence-corrected chi connectivity index (χ4v) is 2.44. The van der Waals surface area contributed by atoms with Crippen LogP contribution in [0.3, 0.4) is 0 Å². The number of sulfonamides is 1. The highest BCUT2D eigenvalue weighted by Crippen LogP contribution is 2.25. The van der Waals surface area contributed by atoms with Gasteiger partial charge in [0, 0.05) is 18.1 Å². The van der Waals surface area contributed by atoms with Crippen molar-refractivity contribution >= 4 is 26.6 Å². The minimum absolute atomic E-state index is 0.0475. The predicted molar refractivity (Wildman–Crippen MR) is 79.4 cm³/mol. The molecule has 0 fully saturated rings. The van der Waals surface area contributed by atoms with Crippen LogP contribution in [0.4, 0.5) is 5.82 Å². The van der Waals surface area contributed by atoms with Crippen LogP contribution >= 0.6 is 0 Å². The molecule has 2 aromatic rings. The number of primary sulfonamides is 1. The Kier molecular flexibility index (Phi) is 4.41. The summed E-state index contributed by atoms with van der Waals surface area (Å²) in [5.74, 6) is 1.41. The van der Waals surface area contributed by atoms with Gasteiger partial charge in [-0.2, -0.15) is 0 Å². The van der Waals surface area contributed by atoms with Crippen molar-refractivity contribution in [1.29, 1.82) is 0 Å². The predicted octanol–water partition coefficient (Wildman–Crippen LogP) is 1.33. The number of aromatic nitrogens is 1. The number of nitrogens with two attached hydrogens (primary N) is 1. The zero-order valence-electron chi connectivity index (χ0n) is 11.2. The number of fused-ring (bicyclic) bond motifs is 1. The SMILES string of the molecule is COc1ccc2ccnc(NCCCS(N)(=O)=O)c2c1. The lowest BCUT2D eigenvalue weighted by Gasteiger charge is -2.09. The molecule has 0 aliphatic carbocycles. The van der Waals surface area contributed by atoms with E-state index < -0.39 is 10.0 Å². The van der Waals surface area contributed by atoms with Gasteiger partial charge in [-0.25, -0.2) is 18.5 Å². The van der Waals surface area contributed by atoms with Gasteiger partial charge >= 0.3 is 0 Å². The molecular weight excluding hydrogens is 278 g/mol. The van der Waals surface area contributed by atoms with E-state index in [1.165, 1.54) is 0 Å². The zero-order valence-corrected chi connectivity index (χ0v) is 12.0. The van der Waals surface area contributed by atoms with Crippen LogP contribution in [0.1, 0.15) is 6.42 Å². The first-order valence-corrected chi connectivity index (χ1v) is 7.88. The number of hydrogen-bond donors (Lipinski definition) is 2. The second-order valence-electron chi connectivity index (χ2n) is 4.39. The highest BCUT2D eigenvalue weighted by atomic mass is 32.2. The van der Waals surface area contributed by atoms with Gasteiger partial charge in [-0.15, -0.1) is 0 Å². The van der Waals surface area contributed by atoms with E-state index in [1.807, 2.05) is 24.3 Å². The van der Waals surface area contributed by atoms with Crippen molar-refractivity contribution in [2.45, 2.75) is 6.42 Å². The molecule has 3 N–H and O–H groups in total. The molecule has 0 amide bonds. The van der Waals surface area contributed by atoms with Crippen LogP contribution in [0.25, 0.3) is 10.8 Å². The van der Waals surface area contributed by atoms with Crippen LogP contribution in [0.15, 0.2) is 30.5 Å². The Morgan fingerprint density at radius 3 is 2.85 bits per heavy atom. The first-order valence-electron chi connectivity index (χ1n) is 6.17. The first-order chi connectivity index (χ1) is 9.49. The average Bonchev–Trinajstić information content (AvgIpc) is 2.42. The van der Waals surface area contributed by atoms with Crippen LogP contribution in [-0.2, 0) is 10.0 Å². The topological polar surface area (TPSA) is 94.3 Å². The molecule has 7 heteroatoms. The standard InChI is InChI=1S/C13H17N3O3S/c1-19-11-4-3-10-5-7-16-13(12(10)9-11)15-6-2-8-20(14,17)18/h3-5,7,9H,2,6,8H2,1H3,(H,15,16)(H2,14,17,18). The Morgan fingerprint density at radius 1 is 1.35 bits per heavy atom. The van der Waals surface area contributed by atoms with Crippen molar-refractivity contribution < 1.29 is 13.2 Å². The number of hydrogen-bond acceptors (Lipinski definition) is 5. The molecule has 1 aromatic heterocycles. The van der Waals surface area contributed by atoms with Gasteiger partial charge in [0.05, 0.1) is 12.9 Å². The highest BCUT2D eigenvalue weighted by molar-refractivity contribution is 7.89. The third-order valence-corrected chi connectivity index (χ3v) is 3.73. The molecule has 2 rings (SSSR count). The molecule has 20 heavy (non-hydrogen) atoms. The van der Waals surface area contributed by atoms with Crippen molar-refractivity contribution in [3.8, 4) is 5.75 Å². The quantitative estimate of drug-likeness (QED) is 0.784. The van der Waals surface area contributed by atoms with Gasteiger partial charge in [0.1, 0.15) is 11.6 Å². The molecule has 0 aliphatic heterocycles. The van der Waals surface area contributed by atoms with Gasteiger partial charge in [-0.05, 0) is 30.0 Å². The summed E-state index contributed by atoms with van der Waals surface area (Å²) >= 11 is 0. The molecule has 0 radical (unpaired) electrons. The van der Waals surface area contributed by atoms with Crippen LogP contribution in [0.5, 0.6) is 5.75 Å². The van der Waals surface area contributed by atoms with Gasteiger partial charge in [0.25, 0.3) is 0 Å². The Hall–Kier alpha value is -1.86. The monoisotopic (exact) mass is 295 g/mol. The van der Waals surface area contributed by atoms with Crippen molar-refractivity contribution in [3.05, 3.63) is 30.5 Å². The van der Waals surface area contributed by atoms with E-state index in [9.17, 15) is 8.42 Å². The lowest BCUT2D eigenvalue weighted by atomic mass is 10.1. The van der Waals surface area contributed by atoms with Crippen LogP contribution < -0.4 is 15.2 Å². The third kappa shape index (κ3) is 3.82. The molecule has 0 saturated heterocycles. The molecule has 108 valence electrons. The second kappa shape index (κ2) is 6.06. The maximum absolute atomic E-state index is 10.9. The number of ether oxygens (including phenoxy) is 1. The number of pyridine rings is 1. The molecule has 6 nitrogen and oxygen atoms in total. The van der Waals surface area contributed by atoms with Gasteiger partial charge in [0.2, 0.25) is 10.0 Å². The number of nitrogens with zero attached hydrogens (tertiary/aromatic N) is 1. The van der Waals surface area contributed by atoms with Gasteiger partial charge in [-0.1, -0.05) is 6.07 Å². The summed E-state index contributed by atoms with van der Waals surface area (Å²) in [6, 6.07) is 7.63.